The highest BCUT2D eigenvalue weighted by Crippen LogP contribution is 2.20. The van der Waals surface area contributed by atoms with Crippen molar-refractivity contribution >= 4 is 0 Å². The van der Waals surface area contributed by atoms with Crippen molar-refractivity contribution < 1.29 is 0 Å². The topological polar surface area (TPSA) is 61.7 Å². The van der Waals surface area contributed by atoms with Gasteiger partial charge in [0.05, 0.1) is 6.04 Å². The van der Waals surface area contributed by atoms with Gasteiger partial charge < -0.3 is 0 Å². The lowest BCUT2D eigenvalue weighted by Crippen LogP contribution is -1.92. The van der Waals surface area contributed by atoms with E-state index >= 15 is 0 Å². The molecule has 0 N–H and O–H groups in total. The maximum Gasteiger partial charge on any atom is 0.0674 e. The van der Waals surface area contributed by atoms with Gasteiger partial charge in [0.2, 0.25) is 0 Å². The van der Waals surface area contributed by atoms with Crippen molar-refractivity contribution in [3.63, 3.8) is 0 Å². The van der Waals surface area contributed by atoms with Crippen LogP contribution in [0.5, 0.6) is 0 Å². The average Bonchev–Trinajstić information content (AvgIpc) is 2.19. The lowest BCUT2D eigenvalue weighted by molar-refractivity contribution is 0.730. The Kier molecular flexibility index (Phi) is 3.54. The van der Waals surface area contributed by atoms with Crippen molar-refractivity contribution in [2.45, 2.75) is 12.5 Å². The Morgan fingerprint density at radius 3 is 3.15 bits per heavy atom. The van der Waals surface area contributed by atoms with Gasteiger partial charge in [-0.05, 0) is 23.6 Å². The van der Waals surface area contributed by atoms with Crippen molar-refractivity contribution in [1.29, 1.82) is 0 Å². The first kappa shape index (κ1) is 9.29. The molecule has 0 aromatic carbocycles. The van der Waals surface area contributed by atoms with Crippen LogP contribution in [0.1, 0.15) is 18.0 Å². The molecule has 0 aliphatic heterocycles. The lowest BCUT2D eigenvalue weighted by atomic mass is 10.1. The summed E-state index contributed by atoms with van der Waals surface area (Å²) in [6.45, 7) is 3.60. The number of azide groups is 1. The predicted molar refractivity (Wildman–Crippen MR) is 50.9 cm³/mol. The summed E-state index contributed by atoms with van der Waals surface area (Å²) in [5, 5.41) is 3.65. The van der Waals surface area contributed by atoms with Gasteiger partial charge in [-0.25, -0.2) is 0 Å². The Morgan fingerprint density at radius 2 is 2.62 bits per heavy atom. The van der Waals surface area contributed by atoms with Crippen LogP contribution in [0.4, 0.5) is 0 Å². The van der Waals surface area contributed by atoms with Gasteiger partial charge >= 0.3 is 0 Å². The Bertz CT molecular complexity index is 314. The quantitative estimate of drug-likeness (QED) is 0.299. The normalized spacial score (nSPS) is 11.4. The number of nitrogens with zero attached hydrogens (tertiary/aromatic N) is 4. The summed E-state index contributed by atoms with van der Waals surface area (Å²) in [7, 11) is 0. The molecule has 1 atom stereocenters. The van der Waals surface area contributed by atoms with Crippen molar-refractivity contribution in [3.05, 3.63) is 53.2 Å². The van der Waals surface area contributed by atoms with Crippen LogP contribution in [0.2, 0.25) is 0 Å². The van der Waals surface area contributed by atoms with Crippen molar-refractivity contribution in [3.8, 4) is 0 Å². The third-order valence-corrected chi connectivity index (χ3v) is 1.65. The first-order chi connectivity index (χ1) is 6.38. The van der Waals surface area contributed by atoms with E-state index in [-0.39, 0.29) is 6.04 Å². The first-order valence-corrected chi connectivity index (χ1v) is 3.93. The van der Waals surface area contributed by atoms with Crippen LogP contribution in [-0.4, -0.2) is 4.98 Å². The standard InChI is InChI=1S/C9H10N4/c1-2-4-9(12-13-10)8-5-3-6-11-7-8/h2-3,5-7,9H,1,4H2. The number of hydrogen-bond donors (Lipinski definition) is 0. The fraction of sp³-hybridized carbons (Fsp3) is 0.222. The molecule has 0 aliphatic carbocycles. The van der Waals surface area contributed by atoms with Crippen LogP contribution in [0.3, 0.4) is 0 Å². The molecule has 1 aromatic heterocycles. The number of aromatic nitrogens is 1. The van der Waals surface area contributed by atoms with E-state index in [1.54, 1.807) is 18.5 Å². The molecule has 0 radical (unpaired) electrons. The van der Waals surface area contributed by atoms with Gasteiger partial charge in [0.15, 0.2) is 0 Å². The molecule has 13 heavy (non-hydrogen) atoms. The molecule has 4 nitrogen and oxygen atoms in total. The third kappa shape index (κ3) is 2.61. The largest absolute Gasteiger partial charge is 0.264 e. The Morgan fingerprint density at radius 1 is 1.77 bits per heavy atom. The highest BCUT2D eigenvalue weighted by molar-refractivity contribution is 5.14. The van der Waals surface area contributed by atoms with Gasteiger partial charge in [0, 0.05) is 17.3 Å². The Hall–Kier alpha value is -1.80. The predicted octanol–water partition coefficient (Wildman–Crippen LogP) is 3.01. The summed E-state index contributed by atoms with van der Waals surface area (Å²) < 4.78 is 0. The summed E-state index contributed by atoms with van der Waals surface area (Å²) >= 11 is 0. The van der Waals surface area contributed by atoms with E-state index in [2.05, 4.69) is 21.6 Å². The summed E-state index contributed by atoms with van der Waals surface area (Å²) in [6, 6.07) is 3.52. The van der Waals surface area contributed by atoms with Crippen LogP contribution in [0, 0.1) is 0 Å². The third-order valence-electron chi connectivity index (χ3n) is 1.65. The van der Waals surface area contributed by atoms with Crippen molar-refractivity contribution in [2.24, 2.45) is 5.11 Å². The molecular formula is C9H10N4. The van der Waals surface area contributed by atoms with Crippen molar-refractivity contribution in [1.82, 2.24) is 4.98 Å². The molecule has 4 heteroatoms. The molecule has 1 heterocycles. The van der Waals surface area contributed by atoms with Gasteiger partial charge in [0.1, 0.15) is 0 Å². The van der Waals surface area contributed by atoms with E-state index < -0.39 is 0 Å². The second-order valence-corrected chi connectivity index (χ2v) is 2.53. The molecule has 1 aromatic rings. The average molecular weight is 174 g/mol. The van der Waals surface area contributed by atoms with Gasteiger partial charge in [-0.1, -0.05) is 17.3 Å². The molecular weight excluding hydrogens is 164 g/mol. The molecule has 0 aliphatic rings. The molecule has 66 valence electrons. The van der Waals surface area contributed by atoms with Gasteiger partial charge in [-0.2, -0.15) is 0 Å². The fourth-order valence-electron chi connectivity index (χ4n) is 1.04. The van der Waals surface area contributed by atoms with E-state index in [0.29, 0.717) is 6.42 Å². The van der Waals surface area contributed by atoms with Gasteiger partial charge in [-0.15, -0.1) is 6.58 Å². The molecule has 1 unspecified atom stereocenters. The minimum Gasteiger partial charge on any atom is -0.264 e. The Balaban J connectivity index is 2.87. The van der Waals surface area contributed by atoms with Gasteiger partial charge in [0.25, 0.3) is 0 Å². The van der Waals surface area contributed by atoms with Crippen LogP contribution in [0.25, 0.3) is 10.4 Å². The minimum absolute atomic E-state index is 0.184. The molecule has 1 rings (SSSR count). The van der Waals surface area contributed by atoms with Gasteiger partial charge in [-0.3, -0.25) is 4.98 Å². The molecule has 0 fully saturated rings. The summed E-state index contributed by atoms with van der Waals surface area (Å²) in [5.74, 6) is 0. The number of rotatable bonds is 4. The highest BCUT2D eigenvalue weighted by Gasteiger charge is 2.06. The second kappa shape index (κ2) is 4.95. The van der Waals surface area contributed by atoms with Crippen LogP contribution in [-0.2, 0) is 0 Å². The summed E-state index contributed by atoms with van der Waals surface area (Å²) in [4.78, 5) is 6.73. The van der Waals surface area contributed by atoms with Crippen LogP contribution >= 0.6 is 0 Å². The molecule has 0 bridgehead atoms. The van der Waals surface area contributed by atoms with E-state index in [9.17, 15) is 0 Å². The maximum absolute atomic E-state index is 8.33. The smallest absolute Gasteiger partial charge is 0.0674 e. The molecule has 0 spiro atoms. The van der Waals surface area contributed by atoms with Crippen molar-refractivity contribution in [2.75, 3.05) is 0 Å². The molecule has 0 amide bonds. The van der Waals surface area contributed by atoms with Crippen LogP contribution in [0.15, 0.2) is 42.3 Å². The minimum atomic E-state index is -0.184. The second-order valence-electron chi connectivity index (χ2n) is 2.53. The molecule has 0 saturated heterocycles. The number of pyridine rings is 1. The molecule has 0 saturated carbocycles. The Labute approximate surface area is 76.6 Å². The zero-order valence-corrected chi connectivity index (χ0v) is 7.17. The zero-order chi connectivity index (χ0) is 9.52. The monoisotopic (exact) mass is 174 g/mol. The first-order valence-electron chi connectivity index (χ1n) is 3.93. The van der Waals surface area contributed by atoms with Crippen LogP contribution < -0.4 is 0 Å². The van der Waals surface area contributed by atoms with E-state index in [1.165, 1.54) is 0 Å². The number of hydrogen-bond acceptors (Lipinski definition) is 2. The lowest BCUT2D eigenvalue weighted by Gasteiger charge is -2.06. The fourth-order valence-corrected chi connectivity index (χ4v) is 1.04. The van der Waals surface area contributed by atoms with E-state index in [4.69, 9.17) is 5.53 Å². The SMILES string of the molecule is C=CCC(N=[N+]=[N-])c1cccnc1. The highest BCUT2D eigenvalue weighted by atomic mass is 15.1. The van der Waals surface area contributed by atoms with E-state index in [0.717, 1.165) is 5.56 Å². The summed E-state index contributed by atoms with van der Waals surface area (Å²) in [5.41, 5.74) is 9.25. The summed E-state index contributed by atoms with van der Waals surface area (Å²) in [6.07, 6.45) is 5.75. The van der Waals surface area contributed by atoms with E-state index in [1.807, 2.05) is 12.1 Å². The maximum atomic E-state index is 8.33. The zero-order valence-electron chi connectivity index (χ0n) is 7.17.